The molecule has 4 aromatic rings. The van der Waals surface area contributed by atoms with Crippen LogP contribution in [0, 0.1) is 0 Å². The zero-order valence-corrected chi connectivity index (χ0v) is 18.1. The maximum atomic E-state index is 13.2. The third kappa shape index (κ3) is 3.80. The Bertz CT molecular complexity index is 1370. The number of fused-ring (bicyclic) bond motifs is 1. The molecule has 1 N–H and O–H groups in total. The Hall–Kier alpha value is -3.23. The molecule has 8 heteroatoms. The maximum absolute atomic E-state index is 13.2. The number of rotatable bonds is 4. The van der Waals surface area contributed by atoms with Gasteiger partial charge in [0.05, 0.1) is 33.1 Å². The first-order valence-electron chi connectivity index (χ1n) is 9.87. The van der Waals surface area contributed by atoms with Crippen molar-refractivity contribution in [3.05, 3.63) is 77.7 Å². The first-order valence-corrected chi connectivity index (χ1v) is 12.4. The van der Waals surface area contributed by atoms with Crippen LogP contribution < -0.4 is 9.62 Å². The lowest BCUT2D eigenvalue weighted by molar-refractivity contribution is 0.102. The van der Waals surface area contributed by atoms with Gasteiger partial charge in [0.15, 0.2) is 0 Å². The van der Waals surface area contributed by atoms with Crippen LogP contribution in [0.4, 0.5) is 11.4 Å². The second-order valence-electron chi connectivity index (χ2n) is 7.29. The Morgan fingerprint density at radius 1 is 1.03 bits per heavy atom. The molecule has 156 valence electrons. The molecule has 2 aromatic heterocycles. The van der Waals surface area contributed by atoms with Crippen molar-refractivity contribution in [3.63, 3.8) is 0 Å². The van der Waals surface area contributed by atoms with E-state index in [4.69, 9.17) is 4.98 Å². The molecule has 0 radical (unpaired) electrons. The number of sulfonamides is 1. The first kappa shape index (κ1) is 19.7. The summed E-state index contributed by atoms with van der Waals surface area (Å²) in [6.45, 7) is 0.489. The number of benzene rings is 2. The molecule has 0 atom stereocenters. The third-order valence-electron chi connectivity index (χ3n) is 5.25. The predicted octanol–water partition coefficient (Wildman–Crippen LogP) is 4.76. The highest BCUT2D eigenvalue weighted by Gasteiger charge is 2.28. The lowest BCUT2D eigenvalue weighted by atomic mass is 10.1. The number of anilines is 2. The monoisotopic (exact) mass is 449 g/mol. The van der Waals surface area contributed by atoms with Gasteiger partial charge in [0.1, 0.15) is 0 Å². The minimum atomic E-state index is -3.23. The number of amides is 1. The second kappa shape index (κ2) is 7.79. The van der Waals surface area contributed by atoms with Gasteiger partial charge in [-0.1, -0.05) is 24.3 Å². The van der Waals surface area contributed by atoms with Gasteiger partial charge in [-0.3, -0.25) is 9.10 Å². The van der Waals surface area contributed by atoms with Gasteiger partial charge in [-0.05, 0) is 54.3 Å². The van der Waals surface area contributed by atoms with Crippen molar-refractivity contribution in [1.29, 1.82) is 0 Å². The van der Waals surface area contributed by atoms with Gasteiger partial charge in [0.25, 0.3) is 5.91 Å². The van der Waals surface area contributed by atoms with Gasteiger partial charge in [-0.2, -0.15) is 0 Å². The molecule has 0 unspecified atom stereocenters. The van der Waals surface area contributed by atoms with Crippen LogP contribution >= 0.6 is 11.3 Å². The average Bonchev–Trinajstić information content (AvgIpc) is 3.43. The van der Waals surface area contributed by atoms with Crippen LogP contribution in [0.2, 0.25) is 0 Å². The van der Waals surface area contributed by atoms with Gasteiger partial charge >= 0.3 is 0 Å². The van der Waals surface area contributed by atoms with E-state index in [-0.39, 0.29) is 11.7 Å². The number of thiophene rings is 1. The second-order valence-corrected chi connectivity index (χ2v) is 10.3. The highest BCUT2D eigenvalue weighted by molar-refractivity contribution is 7.93. The standard InChI is InChI=1S/C23H19N3O3S2/c27-23(24-16-8-10-17(11-9-16)26-12-4-14-31(26,28)29)19-15-21(22-7-3-13-30-22)25-20-6-2-1-5-18(19)20/h1-3,5-11,13,15H,4,12,14H2,(H,24,27). The summed E-state index contributed by atoms with van der Waals surface area (Å²) >= 11 is 1.57. The number of nitrogens with zero attached hydrogens (tertiary/aromatic N) is 2. The Morgan fingerprint density at radius 2 is 1.84 bits per heavy atom. The largest absolute Gasteiger partial charge is 0.322 e. The number of hydrogen-bond donors (Lipinski definition) is 1. The molecule has 5 rings (SSSR count). The van der Waals surface area contributed by atoms with Crippen LogP contribution in [0.5, 0.6) is 0 Å². The molecule has 1 aliphatic heterocycles. The van der Waals surface area contributed by atoms with E-state index in [1.165, 1.54) is 4.31 Å². The van der Waals surface area contributed by atoms with Gasteiger partial charge < -0.3 is 5.32 Å². The summed E-state index contributed by atoms with van der Waals surface area (Å²) in [6.07, 6.45) is 0.627. The molecule has 31 heavy (non-hydrogen) atoms. The molecule has 0 saturated carbocycles. The SMILES string of the molecule is O=C(Nc1ccc(N2CCCS2(=O)=O)cc1)c1cc(-c2cccs2)nc2ccccc12. The molecule has 2 aromatic carbocycles. The van der Waals surface area contributed by atoms with E-state index in [2.05, 4.69) is 5.32 Å². The van der Waals surface area contributed by atoms with E-state index < -0.39 is 10.0 Å². The Kier molecular flexibility index (Phi) is 4.95. The van der Waals surface area contributed by atoms with E-state index in [9.17, 15) is 13.2 Å². The molecule has 0 spiro atoms. The minimum absolute atomic E-state index is 0.174. The lowest BCUT2D eigenvalue weighted by Crippen LogP contribution is -2.25. The Labute approximate surface area is 184 Å². The van der Waals surface area contributed by atoms with E-state index >= 15 is 0 Å². The fourth-order valence-corrected chi connectivity index (χ4v) is 6.00. The van der Waals surface area contributed by atoms with Crippen molar-refractivity contribution < 1.29 is 13.2 Å². The Morgan fingerprint density at radius 3 is 2.55 bits per heavy atom. The molecule has 1 saturated heterocycles. The number of nitrogens with one attached hydrogen (secondary N) is 1. The number of pyridine rings is 1. The van der Waals surface area contributed by atoms with Crippen LogP contribution in [0.25, 0.3) is 21.5 Å². The van der Waals surface area contributed by atoms with E-state index in [0.717, 1.165) is 21.5 Å². The van der Waals surface area contributed by atoms with Crippen molar-refractivity contribution in [2.45, 2.75) is 6.42 Å². The quantitative estimate of drug-likeness (QED) is 0.487. The minimum Gasteiger partial charge on any atom is -0.322 e. The number of carbonyl (C=O) groups is 1. The van der Waals surface area contributed by atoms with Crippen LogP contribution in [0.1, 0.15) is 16.8 Å². The average molecular weight is 450 g/mol. The van der Waals surface area contributed by atoms with E-state index in [0.29, 0.717) is 29.9 Å². The predicted molar refractivity (Wildman–Crippen MR) is 125 cm³/mol. The van der Waals surface area contributed by atoms with Gasteiger partial charge in [0.2, 0.25) is 10.0 Å². The van der Waals surface area contributed by atoms with Gasteiger partial charge in [-0.25, -0.2) is 13.4 Å². The highest BCUT2D eigenvalue weighted by Crippen LogP contribution is 2.29. The van der Waals surface area contributed by atoms with Gasteiger partial charge in [0, 0.05) is 17.6 Å². The summed E-state index contributed by atoms with van der Waals surface area (Å²) in [7, 11) is -3.23. The van der Waals surface area contributed by atoms with Crippen molar-refractivity contribution in [1.82, 2.24) is 4.98 Å². The van der Waals surface area contributed by atoms with Crippen LogP contribution in [-0.4, -0.2) is 31.6 Å². The molecule has 1 aliphatic rings. The van der Waals surface area contributed by atoms with Crippen LogP contribution in [0.15, 0.2) is 72.1 Å². The van der Waals surface area contributed by atoms with Crippen molar-refractivity contribution in [2.75, 3.05) is 21.9 Å². The highest BCUT2D eigenvalue weighted by atomic mass is 32.2. The number of carbonyl (C=O) groups excluding carboxylic acids is 1. The molecule has 1 fully saturated rings. The number of aromatic nitrogens is 1. The fraction of sp³-hybridized carbons (Fsp3) is 0.130. The summed E-state index contributed by atoms with van der Waals surface area (Å²) < 4.78 is 25.6. The van der Waals surface area contributed by atoms with Crippen molar-refractivity contribution in [3.8, 4) is 10.6 Å². The summed E-state index contributed by atoms with van der Waals surface area (Å²) in [4.78, 5) is 18.9. The molecular weight excluding hydrogens is 430 g/mol. The fourth-order valence-electron chi connectivity index (χ4n) is 3.75. The molecule has 0 bridgehead atoms. The lowest BCUT2D eigenvalue weighted by Gasteiger charge is -2.17. The third-order valence-corrected chi connectivity index (χ3v) is 8.01. The normalized spacial score (nSPS) is 15.3. The Balaban J connectivity index is 1.45. The zero-order chi connectivity index (χ0) is 21.4. The van der Waals surface area contributed by atoms with Crippen molar-refractivity contribution >= 4 is 49.5 Å². The summed E-state index contributed by atoms with van der Waals surface area (Å²) in [6, 6.07) is 20.2. The maximum Gasteiger partial charge on any atom is 0.256 e. The summed E-state index contributed by atoms with van der Waals surface area (Å²) in [5, 5.41) is 5.69. The summed E-state index contributed by atoms with van der Waals surface area (Å²) in [5.41, 5.74) is 3.27. The molecule has 6 nitrogen and oxygen atoms in total. The van der Waals surface area contributed by atoms with Gasteiger partial charge in [-0.15, -0.1) is 11.3 Å². The topological polar surface area (TPSA) is 79.4 Å². The smallest absolute Gasteiger partial charge is 0.256 e. The molecular formula is C23H19N3O3S2. The molecule has 1 amide bonds. The van der Waals surface area contributed by atoms with E-state index in [1.807, 2.05) is 47.8 Å². The van der Waals surface area contributed by atoms with Crippen LogP contribution in [0.3, 0.4) is 0 Å². The van der Waals surface area contributed by atoms with Crippen molar-refractivity contribution in [2.24, 2.45) is 0 Å². The first-order chi connectivity index (χ1) is 15.0. The zero-order valence-electron chi connectivity index (χ0n) is 16.5. The van der Waals surface area contributed by atoms with E-state index in [1.54, 1.807) is 35.6 Å². The number of hydrogen-bond acceptors (Lipinski definition) is 5. The van der Waals surface area contributed by atoms with Crippen LogP contribution in [-0.2, 0) is 10.0 Å². The number of para-hydroxylation sites is 1. The molecule has 0 aliphatic carbocycles. The molecule has 3 heterocycles. The summed E-state index contributed by atoms with van der Waals surface area (Å²) in [5.74, 6) is -0.0642.